The van der Waals surface area contributed by atoms with Crippen LogP contribution in [0.15, 0.2) is 0 Å². The van der Waals surface area contributed by atoms with Gasteiger partial charge in [-0.25, -0.2) is 0 Å². The molecule has 1 unspecified atom stereocenters. The van der Waals surface area contributed by atoms with Gasteiger partial charge in [0.15, 0.2) is 0 Å². The zero-order valence-electron chi connectivity index (χ0n) is 9.68. The van der Waals surface area contributed by atoms with Gasteiger partial charge in [0.05, 0.1) is 6.61 Å². The van der Waals surface area contributed by atoms with E-state index in [0.717, 1.165) is 44.4 Å². The van der Waals surface area contributed by atoms with Crippen LogP contribution >= 0.6 is 11.6 Å². The van der Waals surface area contributed by atoms with E-state index in [1.165, 1.54) is 0 Å². The molecule has 0 radical (unpaired) electrons. The summed E-state index contributed by atoms with van der Waals surface area (Å²) < 4.78 is 5.48. The second kappa shape index (κ2) is 9.75. The van der Waals surface area contributed by atoms with Crippen molar-refractivity contribution in [3.8, 4) is 0 Å². The molecule has 0 heterocycles. The van der Waals surface area contributed by atoms with Crippen LogP contribution in [0.3, 0.4) is 0 Å². The molecule has 0 aromatic heterocycles. The van der Waals surface area contributed by atoms with Crippen LogP contribution in [0.2, 0.25) is 0 Å². The SMILES string of the molecule is CC(C)CCOCCNC(C)CCCl. The molecular weight excluding hydrogens is 198 g/mol. The maximum absolute atomic E-state index is 5.62. The summed E-state index contributed by atoms with van der Waals surface area (Å²) in [6.07, 6.45) is 2.17. The molecule has 0 fully saturated rings. The summed E-state index contributed by atoms with van der Waals surface area (Å²) in [4.78, 5) is 0. The van der Waals surface area contributed by atoms with Gasteiger partial charge in [-0.1, -0.05) is 13.8 Å². The Labute approximate surface area is 93.4 Å². The zero-order chi connectivity index (χ0) is 10.8. The third kappa shape index (κ3) is 10.3. The van der Waals surface area contributed by atoms with Crippen LogP contribution in [-0.2, 0) is 4.74 Å². The maximum atomic E-state index is 5.62. The molecular formula is C11H24ClNO. The summed E-state index contributed by atoms with van der Waals surface area (Å²) >= 11 is 5.62. The van der Waals surface area contributed by atoms with Gasteiger partial charge in [0, 0.05) is 25.1 Å². The lowest BCUT2D eigenvalue weighted by molar-refractivity contribution is 0.123. The lowest BCUT2D eigenvalue weighted by Gasteiger charge is -2.12. The van der Waals surface area contributed by atoms with Gasteiger partial charge in [0.2, 0.25) is 0 Å². The van der Waals surface area contributed by atoms with Crippen LogP contribution in [0.5, 0.6) is 0 Å². The molecule has 0 aromatic rings. The van der Waals surface area contributed by atoms with E-state index in [4.69, 9.17) is 16.3 Å². The highest BCUT2D eigenvalue weighted by atomic mass is 35.5. The van der Waals surface area contributed by atoms with Crippen molar-refractivity contribution in [3.05, 3.63) is 0 Å². The lowest BCUT2D eigenvalue weighted by atomic mass is 10.1. The fraction of sp³-hybridized carbons (Fsp3) is 1.00. The minimum atomic E-state index is 0.501. The average Bonchev–Trinajstić information content (AvgIpc) is 2.11. The number of rotatable bonds is 9. The van der Waals surface area contributed by atoms with Crippen molar-refractivity contribution in [2.75, 3.05) is 25.6 Å². The number of alkyl halides is 1. The molecule has 86 valence electrons. The monoisotopic (exact) mass is 221 g/mol. The van der Waals surface area contributed by atoms with Crippen molar-refractivity contribution >= 4 is 11.6 Å². The second-order valence-electron chi connectivity index (χ2n) is 4.13. The standard InChI is InChI=1S/C11H24ClNO/c1-10(2)5-8-14-9-7-13-11(3)4-6-12/h10-11,13H,4-9H2,1-3H3. The average molecular weight is 222 g/mol. The van der Waals surface area contributed by atoms with Gasteiger partial charge in [0.25, 0.3) is 0 Å². The van der Waals surface area contributed by atoms with Crippen LogP contribution in [0.25, 0.3) is 0 Å². The molecule has 0 rings (SSSR count). The quantitative estimate of drug-likeness (QED) is 0.478. The van der Waals surface area contributed by atoms with Crippen LogP contribution in [-0.4, -0.2) is 31.7 Å². The highest BCUT2D eigenvalue weighted by Gasteiger charge is 1.99. The Balaban J connectivity index is 3.05. The number of ether oxygens (including phenoxy) is 1. The first-order chi connectivity index (χ1) is 6.66. The number of halogens is 1. The molecule has 2 nitrogen and oxygen atoms in total. The predicted octanol–water partition coefficient (Wildman–Crippen LogP) is 2.66. The van der Waals surface area contributed by atoms with Crippen molar-refractivity contribution in [1.29, 1.82) is 0 Å². The van der Waals surface area contributed by atoms with Gasteiger partial charge in [-0.2, -0.15) is 0 Å². The summed E-state index contributed by atoms with van der Waals surface area (Å²) in [5, 5.41) is 3.36. The number of hydrogen-bond acceptors (Lipinski definition) is 2. The van der Waals surface area contributed by atoms with Gasteiger partial charge >= 0.3 is 0 Å². The topological polar surface area (TPSA) is 21.3 Å². The van der Waals surface area contributed by atoms with Gasteiger partial charge in [-0.05, 0) is 25.7 Å². The number of hydrogen-bond donors (Lipinski definition) is 1. The van der Waals surface area contributed by atoms with Crippen molar-refractivity contribution in [2.24, 2.45) is 5.92 Å². The van der Waals surface area contributed by atoms with E-state index in [9.17, 15) is 0 Å². The van der Waals surface area contributed by atoms with E-state index in [-0.39, 0.29) is 0 Å². The van der Waals surface area contributed by atoms with Gasteiger partial charge in [-0.15, -0.1) is 11.6 Å². The van der Waals surface area contributed by atoms with Gasteiger partial charge < -0.3 is 10.1 Å². The second-order valence-corrected chi connectivity index (χ2v) is 4.51. The third-order valence-electron chi connectivity index (χ3n) is 2.12. The highest BCUT2D eigenvalue weighted by molar-refractivity contribution is 6.17. The molecule has 0 amide bonds. The fourth-order valence-corrected chi connectivity index (χ4v) is 1.39. The Morgan fingerprint density at radius 2 is 1.86 bits per heavy atom. The van der Waals surface area contributed by atoms with Crippen LogP contribution in [0, 0.1) is 5.92 Å². The minimum absolute atomic E-state index is 0.501. The summed E-state index contributed by atoms with van der Waals surface area (Å²) in [6, 6.07) is 0.501. The van der Waals surface area contributed by atoms with E-state index < -0.39 is 0 Å². The zero-order valence-corrected chi connectivity index (χ0v) is 10.4. The van der Waals surface area contributed by atoms with E-state index in [2.05, 4.69) is 26.1 Å². The minimum Gasteiger partial charge on any atom is -0.380 e. The Hall–Kier alpha value is 0.210. The molecule has 0 saturated heterocycles. The van der Waals surface area contributed by atoms with Crippen LogP contribution in [0.4, 0.5) is 0 Å². The summed E-state index contributed by atoms with van der Waals surface area (Å²) in [5.41, 5.74) is 0. The molecule has 0 saturated carbocycles. The normalized spacial score (nSPS) is 13.5. The van der Waals surface area contributed by atoms with E-state index >= 15 is 0 Å². The Morgan fingerprint density at radius 3 is 2.43 bits per heavy atom. The van der Waals surface area contributed by atoms with Gasteiger partial charge in [0.1, 0.15) is 0 Å². The fourth-order valence-electron chi connectivity index (χ4n) is 1.06. The largest absolute Gasteiger partial charge is 0.380 e. The van der Waals surface area contributed by atoms with Crippen molar-refractivity contribution < 1.29 is 4.74 Å². The summed E-state index contributed by atoms with van der Waals surface area (Å²) in [6.45, 7) is 9.18. The predicted molar refractivity (Wildman–Crippen MR) is 63.1 cm³/mol. The highest BCUT2D eigenvalue weighted by Crippen LogP contribution is 1.98. The molecule has 1 atom stereocenters. The molecule has 0 bridgehead atoms. The molecule has 0 aliphatic rings. The van der Waals surface area contributed by atoms with Crippen molar-refractivity contribution in [2.45, 2.75) is 39.7 Å². The Kier molecular flexibility index (Phi) is 9.90. The number of nitrogens with one attached hydrogen (secondary N) is 1. The smallest absolute Gasteiger partial charge is 0.0591 e. The maximum Gasteiger partial charge on any atom is 0.0591 e. The molecule has 3 heteroatoms. The molecule has 0 aliphatic carbocycles. The first-order valence-electron chi connectivity index (χ1n) is 5.54. The molecule has 1 N–H and O–H groups in total. The Morgan fingerprint density at radius 1 is 1.14 bits per heavy atom. The summed E-state index contributed by atoms with van der Waals surface area (Å²) in [7, 11) is 0. The lowest BCUT2D eigenvalue weighted by Crippen LogP contribution is -2.29. The van der Waals surface area contributed by atoms with Gasteiger partial charge in [-0.3, -0.25) is 0 Å². The molecule has 14 heavy (non-hydrogen) atoms. The molecule has 0 spiro atoms. The van der Waals surface area contributed by atoms with Crippen LogP contribution < -0.4 is 5.32 Å². The van der Waals surface area contributed by atoms with E-state index in [1.54, 1.807) is 0 Å². The van der Waals surface area contributed by atoms with Crippen LogP contribution in [0.1, 0.15) is 33.6 Å². The Bertz CT molecular complexity index is 120. The first kappa shape index (κ1) is 14.2. The third-order valence-corrected chi connectivity index (χ3v) is 2.34. The molecule has 0 aliphatic heterocycles. The summed E-state index contributed by atoms with van der Waals surface area (Å²) in [5.74, 6) is 1.46. The first-order valence-corrected chi connectivity index (χ1v) is 6.07. The van der Waals surface area contributed by atoms with Crippen molar-refractivity contribution in [3.63, 3.8) is 0 Å². The van der Waals surface area contributed by atoms with Crippen molar-refractivity contribution in [1.82, 2.24) is 5.32 Å². The van der Waals surface area contributed by atoms with E-state index in [1.807, 2.05) is 0 Å². The van der Waals surface area contributed by atoms with E-state index in [0.29, 0.717) is 6.04 Å². The molecule has 0 aromatic carbocycles.